The molecule has 0 bridgehead atoms. The number of esters is 1. The zero-order valence-electron chi connectivity index (χ0n) is 16.1. The minimum atomic E-state index is -0.615. The fourth-order valence-electron chi connectivity index (χ4n) is 3.79. The van der Waals surface area contributed by atoms with Gasteiger partial charge in [-0.2, -0.15) is 5.10 Å². The van der Waals surface area contributed by atoms with Gasteiger partial charge in [-0.3, -0.25) is 4.79 Å². The Balaban J connectivity index is 1.39. The summed E-state index contributed by atoms with van der Waals surface area (Å²) in [5.41, 5.74) is 2.32. The molecule has 4 aromatic rings. The first-order valence-corrected chi connectivity index (χ1v) is 10.7. The lowest BCUT2D eigenvalue weighted by molar-refractivity contribution is 0.0461. The number of carbonyl (C=O) groups is 1. The van der Waals surface area contributed by atoms with Crippen LogP contribution in [0.3, 0.4) is 0 Å². The number of fused-ring (bicyclic) bond motifs is 3. The zero-order chi connectivity index (χ0) is 20.8. The van der Waals surface area contributed by atoms with Gasteiger partial charge in [0, 0.05) is 4.88 Å². The monoisotopic (exact) mass is 440 g/mol. The number of carbonyl (C=O) groups excluding carboxylic acids is 1. The number of hydrogen-bond acceptors (Lipinski definition) is 6. The Kier molecular flexibility index (Phi) is 4.67. The standard InChI is InChI=1S/C21H17ClN4O3S/c1-11-16(18(22)26(25-11)12-6-3-2-4-7-12)21(28)29-10-15-23-19(27)17-13-8-5-9-14(13)30-20(17)24-15/h2-4,6-7H,5,8-10H2,1H3,(H,23,24,27). The van der Waals surface area contributed by atoms with E-state index in [2.05, 4.69) is 15.1 Å². The van der Waals surface area contributed by atoms with E-state index < -0.39 is 5.97 Å². The zero-order valence-corrected chi connectivity index (χ0v) is 17.6. The highest BCUT2D eigenvalue weighted by Crippen LogP contribution is 2.34. The Hall–Kier alpha value is -2.97. The Labute approximate surface area is 180 Å². The van der Waals surface area contributed by atoms with E-state index in [-0.39, 0.29) is 22.9 Å². The summed E-state index contributed by atoms with van der Waals surface area (Å²) in [5.74, 6) is -0.305. The Morgan fingerprint density at radius 2 is 2.10 bits per heavy atom. The van der Waals surface area contributed by atoms with E-state index in [9.17, 15) is 9.59 Å². The second-order valence-electron chi connectivity index (χ2n) is 7.12. The van der Waals surface area contributed by atoms with Crippen LogP contribution >= 0.6 is 22.9 Å². The highest BCUT2D eigenvalue weighted by atomic mass is 35.5. The molecule has 1 N–H and O–H groups in total. The number of aromatic amines is 1. The summed E-state index contributed by atoms with van der Waals surface area (Å²) in [6.07, 6.45) is 2.98. The lowest BCUT2D eigenvalue weighted by Gasteiger charge is -2.05. The van der Waals surface area contributed by atoms with Crippen molar-refractivity contribution in [3.05, 3.63) is 73.4 Å². The first-order chi connectivity index (χ1) is 14.5. The van der Waals surface area contributed by atoms with Crippen molar-refractivity contribution in [2.24, 2.45) is 0 Å². The first kappa shape index (κ1) is 19.0. The minimum absolute atomic E-state index is 0.154. The fraction of sp³-hybridized carbons (Fsp3) is 0.238. The van der Waals surface area contributed by atoms with Crippen LogP contribution in [0.5, 0.6) is 0 Å². The molecule has 0 amide bonds. The molecule has 1 aromatic carbocycles. The average Bonchev–Trinajstić information content (AvgIpc) is 3.39. The van der Waals surface area contributed by atoms with Crippen LogP contribution in [0.2, 0.25) is 5.15 Å². The predicted octanol–water partition coefficient (Wildman–Crippen LogP) is 3.98. The molecule has 3 aromatic heterocycles. The molecule has 7 nitrogen and oxygen atoms in total. The van der Waals surface area contributed by atoms with Gasteiger partial charge >= 0.3 is 5.97 Å². The summed E-state index contributed by atoms with van der Waals surface area (Å²) < 4.78 is 6.89. The van der Waals surface area contributed by atoms with Crippen LogP contribution in [-0.2, 0) is 24.2 Å². The van der Waals surface area contributed by atoms with Gasteiger partial charge in [-0.1, -0.05) is 29.8 Å². The number of aromatic nitrogens is 4. The molecule has 1 aliphatic rings. The second-order valence-corrected chi connectivity index (χ2v) is 8.57. The van der Waals surface area contributed by atoms with E-state index in [0.29, 0.717) is 21.7 Å². The molecule has 0 unspecified atom stereocenters. The highest BCUT2D eigenvalue weighted by Gasteiger charge is 2.24. The molecule has 0 atom stereocenters. The van der Waals surface area contributed by atoms with Gasteiger partial charge in [0.15, 0.2) is 0 Å². The number of H-pyrrole nitrogens is 1. The minimum Gasteiger partial charge on any atom is -0.454 e. The molecule has 0 fully saturated rings. The van der Waals surface area contributed by atoms with Gasteiger partial charge < -0.3 is 9.72 Å². The maximum absolute atomic E-state index is 12.7. The molecule has 30 heavy (non-hydrogen) atoms. The summed E-state index contributed by atoms with van der Waals surface area (Å²) in [6.45, 7) is 1.54. The number of nitrogens with zero attached hydrogens (tertiary/aromatic N) is 3. The molecule has 0 spiro atoms. The lowest BCUT2D eigenvalue weighted by Crippen LogP contribution is -2.15. The van der Waals surface area contributed by atoms with Crippen LogP contribution in [0.4, 0.5) is 0 Å². The molecular formula is C21H17ClN4O3S. The maximum atomic E-state index is 12.7. The molecule has 152 valence electrons. The van der Waals surface area contributed by atoms with Gasteiger partial charge in [0.1, 0.15) is 28.0 Å². The number of aryl methyl sites for hydroxylation is 3. The van der Waals surface area contributed by atoms with Gasteiger partial charge in [-0.05, 0) is 43.9 Å². The summed E-state index contributed by atoms with van der Waals surface area (Å²) in [4.78, 5) is 34.4. The van der Waals surface area contributed by atoms with Gasteiger partial charge in [0.05, 0.1) is 16.8 Å². The van der Waals surface area contributed by atoms with Crippen molar-refractivity contribution < 1.29 is 9.53 Å². The van der Waals surface area contributed by atoms with E-state index in [1.807, 2.05) is 30.3 Å². The number of para-hydroxylation sites is 1. The molecule has 5 rings (SSSR count). The van der Waals surface area contributed by atoms with Crippen molar-refractivity contribution in [3.63, 3.8) is 0 Å². The largest absolute Gasteiger partial charge is 0.454 e. The van der Waals surface area contributed by atoms with E-state index >= 15 is 0 Å². The molecular weight excluding hydrogens is 424 g/mol. The van der Waals surface area contributed by atoms with Crippen LogP contribution < -0.4 is 5.56 Å². The topological polar surface area (TPSA) is 89.9 Å². The van der Waals surface area contributed by atoms with Crippen molar-refractivity contribution in [2.75, 3.05) is 0 Å². The van der Waals surface area contributed by atoms with Gasteiger partial charge in [-0.15, -0.1) is 11.3 Å². The molecule has 0 radical (unpaired) electrons. The normalized spacial score (nSPS) is 13.0. The second kappa shape index (κ2) is 7.37. The SMILES string of the molecule is Cc1nn(-c2ccccc2)c(Cl)c1C(=O)OCc1nc2sc3c(c2c(=O)[nH]1)CCC3. The lowest BCUT2D eigenvalue weighted by atomic mass is 10.2. The number of benzene rings is 1. The van der Waals surface area contributed by atoms with E-state index in [0.717, 1.165) is 30.5 Å². The van der Waals surface area contributed by atoms with Gasteiger partial charge in [0.2, 0.25) is 0 Å². The molecule has 1 aliphatic carbocycles. The Morgan fingerprint density at radius 1 is 1.30 bits per heavy atom. The van der Waals surface area contributed by atoms with Crippen LogP contribution in [-0.4, -0.2) is 25.7 Å². The first-order valence-electron chi connectivity index (χ1n) is 9.54. The number of thiophene rings is 1. The number of halogens is 1. The van der Waals surface area contributed by atoms with Gasteiger partial charge in [0.25, 0.3) is 5.56 Å². The van der Waals surface area contributed by atoms with Crippen molar-refractivity contribution >= 4 is 39.1 Å². The number of rotatable bonds is 4. The van der Waals surface area contributed by atoms with Crippen LogP contribution in [0, 0.1) is 6.92 Å². The summed E-state index contributed by atoms with van der Waals surface area (Å²) in [7, 11) is 0. The quantitative estimate of drug-likeness (QED) is 0.485. The third-order valence-electron chi connectivity index (χ3n) is 5.17. The highest BCUT2D eigenvalue weighted by molar-refractivity contribution is 7.18. The third-order valence-corrected chi connectivity index (χ3v) is 6.71. The molecule has 0 saturated heterocycles. The van der Waals surface area contributed by atoms with Crippen molar-refractivity contribution in [3.8, 4) is 5.69 Å². The Bertz CT molecular complexity index is 1340. The molecule has 3 heterocycles. The van der Waals surface area contributed by atoms with Crippen LogP contribution in [0.25, 0.3) is 15.9 Å². The van der Waals surface area contributed by atoms with Crippen molar-refractivity contribution in [2.45, 2.75) is 32.8 Å². The van der Waals surface area contributed by atoms with Crippen molar-refractivity contribution in [1.29, 1.82) is 0 Å². The summed E-state index contributed by atoms with van der Waals surface area (Å²) in [6, 6.07) is 9.29. The van der Waals surface area contributed by atoms with E-state index in [4.69, 9.17) is 16.3 Å². The Morgan fingerprint density at radius 3 is 2.90 bits per heavy atom. The fourth-order valence-corrected chi connectivity index (χ4v) is 5.42. The summed E-state index contributed by atoms with van der Waals surface area (Å²) >= 11 is 7.96. The van der Waals surface area contributed by atoms with E-state index in [1.54, 1.807) is 18.3 Å². The number of ether oxygens (including phenoxy) is 1. The molecule has 9 heteroatoms. The van der Waals surface area contributed by atoms with E-state index in [1.165, 1.54) is 9.56 Å². The molecule has 0 aliphatic heterocycles. The van der Waals surface area contributed by atoms with Crippen molar-refractivity contribution in [1.82, 2.24) is 19.7 Å². The smallest absolute Gasteiger partial charge is 0.343 e. The average molecular weight is 441 g/mol. The van der Waals surface area contributed by atoms with Gasteiger partial charge in [-0.25, -0.2) is 14.5 Å². The molecule has 0 saturated carbocycles. The number of nitrogens with one attached hydrogen (secondary N) is 1. The van der Waals surface area contributed by atoms with Crippen LogP contribution in [0.15, 0.2) is 35.1 Å². The van der Waals surface area contributed by atoms with Crippen LogP contribution in [0.1, 0.15) is 38.7 Å². The third kappa shape index (κ3) is 3.12. The predicted molar refractivity (Wildman–Crippen MR) is 115 cm³/mol. The number of hydrogen-bond donors (Lipinski definition) is 1. The maximum Gasteiger partial charge on any atom is 0.343 e. The summed E-state index contributed by atoms with van der Waals surface area (Å²) in [5, 5.41) is 5.20.